The summed E-state index contributed by atoms with van der Waals surface area (Å²) in [6.45, 7) is 0.416. The average molecular weight is 234 g/mol. The van der Waals surface area contributed by atoms with Crippen molar-refractivity contribution < 1.29 is 14.3 Å². The van der Waals surface area contributed by atoms with Crippen LogP contribution in [-0.4, -0.2) is 25.5 Å². The third kappa shape index (κ3) is 2.45. The normalized spacial score (nSPS) is 17.5. The molecular weight excluding hydrogens is 220 g/mol. The van der Waals surface area contributed by atoms with Crippen LogP contribution in [0.25, 0.3) is 0 Å². The number of nitrogens with one attached hydrogen (secondary N) is 2. The minimum Gasteiger partial charge on any atom is -0.469 e. The highest BCUT2D eigenvalue weighted by Gasteiger charge is 2.29. The van der Waals surface area contributed by atoms with Crippen molar-refractivity contribution in [3.05, 3.63) is 29.8 Å². The van der Waals surface area contributed by atoms with E-state index in [1.54, 1.807) is 0 Å². The number of hydrogen-bond donors (Lipinski definition) is 2. The number of hydrogen-bond acceptors (Lipinski definition) is 4. The third-order valence-corrected chi connectivity index (χ3v) is 2.70. The number of carbonyl (C=O) groups is 2. The van der Waals surface area contributed by atoms with Gasteiger partial charge in [0.25, 0.3) is 0 Å². The fourth-order valence-electron chi connectivity index (χ4n) is 1.83. The Labute approximate surface area is 99.2 Å². The van der Waals surface area contributed by atoms with Gasteiger partial charge in [-0.25, -0.2) is 0 Å². The number of benzene rings is 1. The first-order valence-electron chi connectivity index (χ1n) is 5.42. The third-order valence-electron chi connectivity index (χ3n) is 2.70. The highest BCUT2D eigenvalue weighted by Crippen LogP contribution is 2.29. The van der Waals surface area contributed by atoms with Crippen LogP contribution in [0.5, 0.6) is 0 Å². The second-order valence-corrected chi connectivity index (χ2v) is 3.79. The fourth-order valence-corrected chi connectivity index (χ4v) is 1.83. The van der Waals surface area contributed by atoms with Crippen molar-refractivity contribution in [3.63, 3.8) is 0 Å². The van der Waals surface area contributed by atoms with Crippen LogP contribution >= 0.6 is 0 Å². The van der Waals surface area contributed by atoms with Crippen molar-refractivity contribution in [2.45, 2.75) is 12.5 Å². The first-order valence-corrected chi connectivity index (χ1v) is 5.42. The molecule has 90 valence electrons. The van der Waals surface area contributed by atoms with Crippen molar-refractivity contribution in [2.24, 2.45) is 0 Å². The first kappa shape index (κ1) is 11.6. The van der Waals surface area contributed by atoms with Crippen LogP contribution in [0.1, 0.15) is 18.0 Å². The lowest BCUT2D eigenvalue weighted by atomic mass is 10.1. The molecule has 1 aromatic rings. The summed E-state index contributed by atoms with van der Waals surface area (Å²) >= 11 is 0. The minimum atomic E-state index is -0.379. The summed E-state index contributed by atoms with van der Waals surface area (Å²) in [4.78, 5) is 22.6. The molecule has 1 amide bonds. The van der Waals surface area contributed by atoms with E-state index < -0.39 is 0 Å². The summed E-state index contributed by atoms with van der Waals surface area (Å²) < 4.78 is 4.53. The van der Waals surface area contributed by atoms with E-state index in [-0.39, 0.29) is 24.3 Å². The van der Waals surface area contributed by atoms with E-state index in [9.17, 15) is 9.59 Å². The topological polar surface area (TPSA) is 67.4 Å². The largest absolute Gasteiger partial charge is 0.469 e. The van der Waals surface area contributed by atoms with Crippen molar-refractivity contribution in [3.8, 4) is 0 Å². The van der Waals surface area contributed by atoms with Gasteiger partial charge in [0.15, 0.2) is 0 Å². The molecule has 0 aromatic heterocycles. The number of fused-ring (bicyclic) bond motifs is 1. The van der Waals surface area contributed by atoms with E-state index >= 15 is 0 Å². The van der Waals surface area contributed by atoms with Crippen LogP contribution in [-0.2, 0) is 14.3 Å². The summed E-state index contributed by atoms with van der Waals surface area (Å²) in [5.41, 5.74) is 1.75. The van der Waals surface area contributed by atoms with Crippen molar-refractivity contribution in [2.75, 3.05) is 19.0 Å². The number of ether oxygens (including phenoxy) is 1. The summed E-state index contributed by atoms with van der Waals surface area (Å²) in [7, 11) is 1.35. The average Bonchev–Trinajstić information content (AvgIpc) is 2.66. The molecule has 1 aliphatic heterocycles. The van der Waals surface area contributed by atoms with Gasteiger partial charge in [0.05, 0.1) is 13.5 Å². The molecule has 0 spiro atoms. The number of anilines is 1. The molecule has 0 fully saturated rings. The zero-order chi connectivity index (χ0) is 12.3. The van der Waals surface area contributed by atoms with Gasteiger partial charge in [-0.1, -0.05) is 18.2 Å². The van der Waals surface area contributed by atoms with Crippen molar-refractivity contribution in [1.29, 1.82) is 0 Å². The molecule has 17 heavy (non-hydrogen) atoms. The van der Waals surface area contributed by atoms with Crippen molar-refractivity contribution >= 4 is 17.6 Å². The van der Waals surface area contributed by atoms with Gasteiger partial charge in [-0.3, -0.25) is 9.59 Å². The van der Waals surface area contributed by atoms with Gasteiger partial charge >= 0.3 is 5.97 Å². The predicted molar refractivity (Wildman–Crippen MR) is 62.4 cm³/mol. The summed E-state index contributed by atoms with van der Waals surface area (Å²) in [6, 6.07) is 7.12. The van der Waals surface area contributed by atoms with Crippen LogP contribution in [0.2, 0.25) is 0 Å². The van der Waals surface area contributed by atoms with Crippen molar-refractivity contribution in [1.82, 2.24) is 5.32 Å². The van der Waals surface area contributed by atoms with E-state index in [1.807, 2.05) is 24.3 Å². The molecule has 2 rings (SSSR count). The van der Waals surface area contributed by atoms with Crippen LogP contribution in [0.15, 0.2) is 24.3 Å². The van der Waals surface area contributed by atoms with Crippen LogP contribution in [0.4, 0.5) is 5.69 Å². The van der Waals surface area contributed by atoms with Crippen LogP contribution < -0.4 is 10.6 Å². The van der Waals surface area contributed by atoms with Crippen LogP contribution in [0, 0.1) is 0 Å². The number of esters is 1. The molecule has 0 bridgehead atoms. The molecular formula is C12H14N2O3. The van der Waals surface area contributed by atoms with Gasteiger partial charge in [0, 0.05) is 17.8 Å². The summed E-state index contributed by atoms with van der Waals surface area (Å²) in [5, 5.41) is 5.82. The molecule has 0 saturated carbocycles. The molecule has 1 unspecified atom stereocenters. The minimum absolute atomic E-state index is 0.0870. The maximum Gasteiger partial charge on any atom is 0.306 e. The second kappa shape index (κ2) is 4.97. The number of rotatable bonds is 4. The summed E-state index contributed by atoms with van der Waals surface area (Å²) in [5.74, 6) is -0.375. The maximum atomic E-state index is 11.7. The van der Waals surface area contributed by atoms with Gasteiger partial charge in [-0.05, 0) is 6.07 Å². The van der Waals surface area contributed by atoms with E-state index in [0.717, 1.165) is 11.3 Å². The zero-order valence-electron chi connectivity index (χ0n) is 9.53. The van der Waals surface area contributed by atoms with Gasteiger partial charge in [-0.15, -0.1) is 0 Å². The van der Waals surface area contributed by atoms with E-state index in [2.05, 4.69) is 15.4 Å². The maximum absolute atomic E-state index is 11.7. The quantitative estimate of drug-likeness (QED) is 0.757. The Balaban J connectivity index is 1.97. The lowest BCUT2D eigenvalue weighted by molar-refractivity contribution is -0.140. The Kier molecular flexibility index (Phi) is 3.39. The Hall–Kier alpha value is -1.88. The predicted octanol–water partition coefficient (Wildman–Crippen LogP) is 0.832. The molecule has 5 nitrogen and oxygen atoms in total. The monoisotopic (exact) mass is 234 g/mol. The Morgan fingerprint density at radius 1 is 1.47 bits per heavy atom. The highest BCUT2D eigenvalue weighted by molar-refractivity contribution is 6.02. The van der Waals surface area contributed by atoms with E-state index in [0.29, 0.717) is 6.54 Å². The highest BCUT2D eigenvalue weighted by atomic mass is 16.5. The number of amides is 1. The van der Waals surface area contributed by atoms with Gasteiger partial charge in [-0.2, -0.15) is 0 Å². The molecule has 5 heteroatoms. The smallest absolute Gasteiger partial charge is 0.306 e. The van der Waals surface area contributed by atoms with Gasteiger partial charge < -0.3 is 15.4 Å². The second-order valence-electron chi connectivity index (χ2n) is 3.79. The van der Waals surface area contributed by atoms with E-state index in [1.165, 1.54) is 7.11 Å². The molecule has 1 heterocycles. The standard InChI is InChI=1S/C12H14N2O3/c1-17-10(15)6-7-13-11-8-4-2-3-5-9(8)14-12(11)16/h2-5,11,13H,6-7H2,1H3,(H,14,16). The first-order chi connectivity index (χ1) is 8.22. The van der Waals surface area contributed by atoms with Crippen LogP contribution in [0.3, 0.4) is 0 Å². The number of para-hydroxylation sites is 1. The number of methoxy groups -OCH3 is 1. The Bertz CT molecular complexity index is 445. The fraction of sp³-hybridized carbons (Fsp3) is 0.333. The molecule has 0 radical (unpaired) electrons. The van der Waals surface area contributed by atoms with Gasteiger partial charge in [0.2, 0.25) is 5.91 Å². The molecule has 2 N–H and O–H groups in total. The molecule has 1 atom stereocenters. The number of carbonyl (C=O) groups excluding carboxylic acids is 2. The lowest BCUT2D eigenvalue weighted by Gasteiger charge is -2.10. The summed E-state index contributed by atoms with van der Waals surface area (Å²) in [6.07, 6.45) is 0.252. The lowest BCUT2D eigenvalue weighted by Crippen LogP contribution is -2.29. The molecule has 1 aromatic carbocycles. The molecule has 0 aliphatic carbocycles. The van der Waals surface area contributed by atoms with E-state index in [4.69, 9.17) is 0 Å². The zero-order valence-corrected chi connectivity index (χ0v) is 9.53. The Morgan fingerprint density at radius 2 is 2.24 bits per heavy atom. The molecule has 1 aliphatic rings. The SMILES string of the molecule is COC(=O)CCNC1C(=O)Nc2ccccc21. The van der Waals surface area contributed by atoms with Gasteiger partial charge in [0.1, 0.15) is 6.04 Å². The molecule has 0 saturated heterocycles. The Morgan fingerprint density at radius 3 is 3.00 bits per heavy atom.